The van der Waals surface area contributed by atoms with Crippen molar-refractivity contribution in [3.05, 3.63) is 11.6 Å². The topological polar surface area (TPSA) is 43.4 Å². The molecule has 0 N–H and O–H groups in total. The molecule has 4 aliphatic carbocycles. The molecular formula is C30H48O3. The van der Waals surface area contributed by atoms with E-state index in [2.05, 4.69) is 20.8 Å². The Kier molecular flexibility index (Phi) is 8.06. The lowest BCUT2D eigenvalue weighted by Gasteiger charge is -2.58. The van der Waals surface area contributed by atoms with Crippen LogP contribution in [0.4, 0.5) is 0 Å². The second-order valence-corrected chi connectivity index (χ2v) is 12.3. The van der Waals surface area contributed by atoms with Crippen LogP contribution in [-0.4, -0.2) is 17.9 Å². The minimum atomic E-state index is -0.259. The van der Waals surface area contributed by atoms with Crippen molar-refractivity contribution in [2.24, 2.45) is 28.6 Å². The number of hydrogen-bond acceptors (Lipinski definition) is 3. The highest BCUT2D eigenvalue weighted by Gasteiger charge is 2.59. The van der Waals surface area contributed by atoms with E-state index in [1.54, 1.807) is 0 Å². The number of ketones is 1. The molecule has 0 heterocycles. The van der Waals surface area contributed by atoms with Gasteiger partial charge >= 0.3 is 5.97 Å². The van der Waals surface area contributed by atoms with Gasteiger partial charge in [0.05, 0.1) is 0 Å². The molecule has 6 atom stereocenters. The minimum Gasteiger partial charge on any atom is -0.461 e. The Hall–Kier alpha value is -1.12. The molecule has 3 nitrogen and oxygen atoms in total. The summed E-state index contributed by atoms with van der Waals surface area (Å²) in [7, 11) is 0. The molecule has 3 saturated carbocycles. The number of esters is 1. The molecule has 0 aromatic carbocycles. The first kappa shape index (κ1) is 25.0. The van der Waals surface area contributed by atoms with Gasteiger partial charge in [-0.25, -0.2) is 0 Å². The van der Waals surface area contributed by atoms with E-state index in [9.17, 15) is 9.59 Å². The van der Waals surface area contributed by atoms with Crippen LogP contribution in [0.1, 0.15) is 130 Å². The molecule has 0 spiro atoms. The maximum atomic E-state index is 12.8. The zero-order valence-corrected chi connectivity index (χ0v) is 21.6. The molecule has 0 amide bonds. The van der Waals surface area contributed by atoms with Gasteiger partial charge < -0.3 is 4.74 Å². The van der Waals surface area contributed by atoms with E-state index in [-0.39, 0.29) is 23.3 Å². The molecule has 0 bridgehead atoms. The average molecular weight is 457 g/mol. The molecule has 4 aliphatic rings. The standard InChI is InChI=1S/C30H48O3/c1-4-5-6-7-8-9-10-11-14-28(32)33-27-21-23(31)20-22-15-16-24-25-13-12-18-29(25,2)19-17-26(24)30(22,27)3/h20,24-27H,4-19,21H2,1-3H3. The largest absolute Gasteiger partial charge is 0.461 e. The lowest BCUT2D eigenvalue weighted by Crippen LogP contribution is -2.55. The summed E-state index contributed by atoms with van der Waals surface area (Å²) in [5, 5.41) is 0. The van der Waals surface area contributed by atoms with E-state index < -0.39 is 0 Å². The minimum absolute atomic E-state index is 0.0788. The molecule has 0 saturated heterocycles. The van der Waals surface area contributed by atoms with E-state index >= 15 is 0 Å². The Labute approximate surface area is 202 Å². The van der Waals surface area contributed by atoms with E-state index in [0.29, 0.717) is 24.2 Å². The number of carbonyl (C=O) groups is 2. The fourth-order valence-corrected chi connectivity index (χ4v) is 8.36. The SMILES string of the molecule is CCCCCCCCCCC(=O)OC1CC(=O)C=C2CCC3C4CCCC4(C)CCC3C21C. The van der Waals surface area contributed by atoms with Crippen LogP contribution < -0.4 is 0 Å². The van der Waals surface area contributed by atoms with Gasteiger partial charge in [0.25, 0.3) is 0 Å². The first-order valence-electron chi connectivity index (χ1n) is 14.3. The third kappa shape index (κ3) is 5.13. The molecule has 3 fully saturated rings. The monoisotopic (exact) mass is 456 g/mol. The summed E-state index contributed by atoms with van der Waals surface area (Å²) in [6, 6.07) is 0. The van der Waals surface area contributed by atoms with Gasteiger partial charge in [-0.2, -0.15) is 0 Å². The fraction of sp³-hybridized carbons (Fsp3) is 0.867. The van der Waals surface area contributed by atoms with Crippen molar-refractivity contribution in [3.8, 4) is 0 Å². The highest BCUT2D eigenvalue weighted by Crippen LogP contribution is 2.65. The normalized spacial score (nSPS) is 37.7. The van der Waals surface area contributed by atoms with Crippen molar-refractivity contribution >= 4 is 11.8 Å². The summed E-state index contributed by atoms with van der Waals surface area (Å²) in [6.07, 6.45) is 21.3. The van der Waals surface area contributed by atoms with Crippen LogP contribution in [0.15, 0.2) is 11.6 Å². The van der Waals surface area contributed by atoms with Gasteiger partial charge in [0.2, 0.25) is 0 Å². The Balaban J connectivity index is 1.35. The van der Waals surface area contributed by atoms with Crippen LogP contribution in [0.3, 0.4) is 0 Å². The number of rotatable bonds is 10. The van der Waals surface area contributed by atoms with Crippen LogP contribution in [-0.2, 0) is 14.3 Å². The number of carbonyl (C=O) groups excluding carboxylic acids is 2. The smallest absolute Gasteiger partial charge is 0.306 e. The first-order valence-corrected chi connectivity index (χ1v) is 14.3. The number of ether oxygens (including phenoxy) is 1. The molecule has 0 aromatic heterocycles. The van der Waals surface area contributed by atoms with Gasteiger partial charge in [-0.1, -0.05) is 77.7 Å². The summed E-state index contributed by atoms with van der Waals surface area (Å²) in [5.74, 6) is 2.19. The Morgan fingerprint density at radius 1 is 0.970 bits per heavy atom. The van der Waals surface area contributed by atoms with Crippen molar-refractivity contribution in [1.82, 2.24) is 0 Å². The predicted molar refractivity (Wildman–Crippen MR) is 134 cm³/mol. The summed E-state index contributed by atoms with van der Waals surface area (Å²) < 4.78 is 6.18. The highest BCUT2D eigenvalue weighted by atomic mass is 16.5. The third-order valence-electron chi connectivity index (χ3n) is 10.3. The molecular weight excluding hydrogens is 408 g/mol. The maximum Gasteiger partial charge on any atom is 0.306 e. The average Bonchev–Trinajstić information content (AvgIpc) is 3.18. The van der Waals surface area contributed by atoms with Gasteiger partial charge in [0.15, 0.2) is 5.78 Å². The molecule has 33 heavy (non-hydrogen) atoms. The van der Waals surface area contributed by atoms with E-state index in [1.165, 1.54) is 82.6 Å². The van der Waals surface area contributed by atoms with Crippen molar-refractivity contribution < 1.29 is 14.3 Å². The molecule has 0 aliphatic heterocycles. The number of unbranched alkanes of at least 4 members (excludes halogenated alkanes) is 7. The van der Waals surface area contributed by atoms with E-state index in [4.69, 9.17) is 4.74 Å². The fourth-order valence-electron chi connectivity index (χ4n) is 8.36. The maximum absolute atomic E-state index is 12.8. The van der Waals surface area contributed by atoms with Gasteiger partial charge in [0, 0.05) is 18.3 Å². The van der Waals surface area contributed by atoms with Gasteiger partial charge in [-0.3, -0.25) is 9.59 Å². The van der Waals surface area contributed by atoms with Crippen LogP contribution in [0.2, 0.25) is 0 Å². The first-order chi connectivity index (χ1) is 15.9. The number of hydrogen-bond donors (Lipinski definition) is 0. The lowest BCUT2D eigenvalue weighted by atomic mass is 9.47. The quantitative estimate of drug-likeness (QED) is 0.247. The van der Waals surface area contributed by atoms with E-state index in [0.717, 1.165) is 31.1 Å². The van der Waals surface area contributed by atoms with Crippen LogP contribution >= 0.6 is 0 Å². The molecule has 186 valence electrons. The lowest BCUT2D eigenvalue weighted by molar-refractivity contribution is -0.165. The number of fused-ring (bicyclic) bond motifs is 5. The summed E-state index contributed by atoms with van der Waals surface area (Å²) in [5.41, 5.74) is 1.66. The van der Waals surface area contributed by atoms with Crippen LogP contribution in [0, 0.1) is 28.6 Å². The van der Waals surface area contributed by atoms with Crippen molar-refractivity contribution in [1.29, 1.82) is 0 Å². The van der Waals surface area contributed by atoms with Crippen molar-refractivity contribution in [2.75, 3.05) is 0 Å². The molecule has 4 rings (SSSR count). The van der Waals surface area contributed by atoms with Gasteiger partial charge in [-0.05, 0) is 74.2 Å². The van der Waals surface area contributed by atoms with Gasteiger partial charge in [-0.15, -0.1) is 0 Å². The summed E-state index contributed by atoms with van der Waals surface area (Å²) in [4.78, 5) is 25.4. The van der Waals surface area contributed by atoms with Crippen molar-refractivity contribution in [3.63, 3.8) is 0 Å². The Morgan fingerprint density at radius 3 is 2.45 bits per heavy atom. The summed E-state index contributed by atoms with van der Waals surface area (Å²) >= 11 is 0. The summed E-state index contributed by atoms with van der Waals surface area (Å²) in [6.45, 7) is 7.12. The van der Waals surface area contributed by atoms with Gasteiger partial charge in [0.1, 0.15) is 6.10 Å². The van der Waals surface area contributed by atoms with Crippen LogP contribution in [0.5, 0.6) is 0 Å². The molecule has 0 radical (unpaired) electrons. The third-order valence-corrected chi connectivity index (χ3v) is 10.3. The van der Waals surface area contributed by atoms with E-state index in [1.807, 2.05) is 6.08 Å². The zero-order valence-electron chi connectivity index (χ0n) is 21.6. The molecule has 3 heteroatoms. The second-order valence-electron chi connectivity index (χ2n) is 12.3. The predicted octanol–water partition coefficient (Wildman–Crippen LogP) is 7.96. The Bertz CT molecular complexity index is 739. The van der Waals surface area contributed by atoms with Crippen molar-refractivity contribution in [2.45, 2.75) is 136 Å². The second kappa shape index (κ2) is 10.6. The van der Waals surface area contributed by atoms with Crippen LogP contribution in [0.25, 0.3) is 0 Å². The highest BCUT2D eigenvalue weighted by molar-refractivity contribution is 5.92. The molecule has 0 aromatic rings. The molecule has 6 unspecified atom stereocenters. The Morgan fingerprint density at radius 2 is 1.70 bits per heavy atom. The zero-order chi connectivity index (χ0) is 23.5.